The number of carbonyl (C=O) groups is 1. The molecule has 0 saturated carbocycles. The van der Waals surface area contributed by atoms with E-state index in [4.69, 9.17) is 4.74 Å². The number of ether oxygens (including phenoxy) is 1. The van der Waals surface area contributed by atoms with Gasteiger partial charge in [-0.3, -0.25) is 9.69 Å². The van der Waals surface area contributed by atoms with Gasteiger partial charge in [0.1, 0.15) is 11.3 Å². The molecule has 1 rings (SSSR count). The molecule has 0 bridgehead atoms. The lowest BCUT2D eigenvalue weighted by Gasteiger charge is -2.32. The Bertz CT molecular complexity index is 403. The second-order valence-electron chi connectivity index (χ2n) is 4.50. The lowest BCUT2D eigenvalue weighted by molar-refractivity contribution is -0.148. The van der Waals surface area contributed by atoms with Crippen molar-refractivity contribution in [2.45, 2.75) is 18.9 Å². The van der Waals surface area contributed by atoms with Crippen molar-refractivity contribution in [2.24, 2.45) is 0 Å². The number of rotatable bonds is 5. The highest BCUT2D eigenvalue weighted by atomic mass is 16.5. The summed E-state index contributed by atoms with van der Waals surface area (Å²) in [6, 6.07) is 7.49. The fourth-order valence-electron chi connectivity index (χ4n) is 1.60. The van der Waals surface area contributed by atoms with Crippen molar-refractivity contribution >= 4 is 5.97 Å². The van der Waals surface area contributed by atoms with Gasteiger partial charge in [0.05, 0.1) is 7.11 Å². The molecule has 0 aliphatic heterocycles. The summed E-state index contributed by atoms with van der Waals surface area (Å²) in [5, 5.41) is 9.32. The van der Waals surface area contributed by atoms with E-state index < -0.39 is 11.5 Å². The largest absolute Gasteiger partial charge is 0.497 e. The Kier molecular flexibility index (Phi) is 4.12. The van der Waals surface area contributed by atoms with Crippen LogP contribution in [0.3, 0.4) is 0 Å². The smallest absolute Gasteiger partial charge is 0.324 e. The summed E-state index contributed by atoms with van der Waals surface area (Å²) in [6.45, 7) is 1.72. The maximum atomic E-state index is 11.3. The topological polar surface area (TPSA) is 49.8 Å². The van der Waals surface area contributed by atoms with Crippen LogP contribution >= 0.6 is 0 Å². The number of carboxylic acids is 1. The molecule has 0 saturated heterocycles. The fourth-order valence-corrected chi connectivity index (χ4v) is 1.60. The SMILES string of the molecule is COc1cccc(CC(C)(C(=O)O)N(C)C)c1. The van der Waals surface area contributed by atoms with E-state index in [2.05, 4.69) is 0 Å². The molecule has 0 aliphatic rings. The van der Waals surface area contributed by atoms with E-state index in [9.17, 15) is 9.90 Å². The zero-order valence-electron chi connectivity index (χ0n) is 10.7. The Morgan fingerprint density at radius 3 is 2.59 bits per heavy atom. The summed E-state index contributed by atoms with van der Waals surface area (Å²) in [5.41, 5.74) is 0.0368. The van der Waals surface area contributed by atoms with Gasteiger partial charge in [0, 0.05) is 6.42 Å². The van der Waals surface area contributed by atoms with Gasteiger partial charge in [-0.2, -0.15) is 0 Å². The maximum Gasteiger partial charge on any atom is 0.324 e. The average Bonchev–Trinajstić information content (AvgIpc) is 2.28. The molecule has 17 heavy (non-hydrogen) atoms. The molecule has 0 aliphatic carbocycles. The molecule has 1 aromatic carbocycles. The molecule has 1 atom stereocenters. The minimum atomic E-state index is -0.910. The van der Waals surface area contributed by atoms with Crippen LogP contribution in [0, 0.1) is 0 Å². The first-order valence-electron chi connectivity index (χ1n) is 5.44. The van der Waals surface area contributed by atoms with Crippen molar-refractivity contribution in [1.29, 1.82) is 0 Å². The third-order valence-corrected chi connectivity index (χ3v) is 3.13. The Morgan fingerprint density at radius 2 is 2.12 bits per heavy atom. The molecule has 4 heteroatoms. The standard InChI is InChI=1S/C13H19NO3/c1-13(12(15)16,14(2)3)9-10-6-5-7-11(8-10)17-4/h5-8H,9H2,1-4H3,(H,15,16). The predicted molar refractivity (Wildman–Crippen MR) is 66.4 cm³/mol. The molecular weight excluding hydrogens is 218 g/mol. The molecule has 0 heterocycles. The Hall–Kier alpha value is -1.55. The molecule has 0 fully saturated rings. The highest BCUT2D eigenvalue weighted by Crippen LogP contribution is 2.21. The second kappa shape index (κ2) is 5.19. The van der Waals surface area contributed by atoms with Crippen molar-refractivity contribution < 1.29 is 14.6 Å². The molecule has 1 unspecified atom stereocenters. The van der Waals surface area contributed by atoms with Gasteiger partial charge in [-0.25, -0.2) is 0 Å². The van der Waals surface area contributed by atoms with Gasteiger partial charge >= 0.3 is 5.97 Å². The van der Waals surface area contributed by atoms with Crippen LogP contribution in [0.25, 0.3) is 0 Å². The number of benzene rings is 1. The van der Waals surface area contributed by atoms with Gasteiger partial charge in [-0.15, -0.1) is 0 Å². The van der Waals surface area contributed by atoms with Crippen LogP contribution in [0.5, 0.6) is 5.75 Å². The van der Waals surface area contributed by atoms with E-state index >= 15 is 0 Å². The number of nitrogens with zero attached hydrogens (tertiary/aromatic N) is 1. The highest BCUT2D eigenvalue weighted by Gasteiger charge is 2.35. The van der Waals surface area contributed by atoms with E-state index in [1.807, 2.05) is 24.3 Å². The van der Waals surface area contributed by atoms with Crippen LogP contribution in [-0.2, 0) is 11.2 Å². The van der Waals surface area contributed by atoms with Crippen LogP contribution in [0.2, 0.25) is 0 Å². The van der Waals surface area contributed by atoms with E-state index in [0.29, 0.717) is 6.42 Å². The van der Waals surface area contributed by atoms with Crippen LogP contribution in [0.4, 0.5) is 0 Å². The molecule has 0 spiro atoms. The quantitative estimate of drug-likeness (QED) is 0.846. The Balaban J connectivity index is 2.98. The van der Waals surface area contributed by atoms with Crippen LogP contribution in [-0.4, -0.2) is 42.7 Å². The molecule has 0 aromatic heterocycles. The van der Waals surface area contributed by atoms with Crippen molar-refractivity contribution in [3.63, 3.8) is 0 Å². The zero-order valence-corrected chi connectivity index (χ0v) is 10.7. The number of methoxy groups -OCH3 is 1. The third-order valence-electron chi connectivity index (χ3n) is 3.13. The minimum absolute atomic E-state index is 0.437. The number of hydrogen-bond donors (Lipinski definition) is 1. The molecule has 0 amide bonds. The van der Waals surface area contributed by atoms with Gasteiger partial charge < -0.3 is 9.84 Å². The minimum Gasteiger partial charge on any atom is -0.497 e. The summed E-state index contributed by atoms with van der Waals surface area (Å²) in [4.78, 5) is 13.1. The van der Waals surface area contributed by atoms with Crippen LogP contribution in [0.1, 0.15) is 12.5 Å². The van der Waals surface area contributed by atoms with Crippen molar-refractivity contribution in [3.8, 4) is 5.75 Å². The Morgan fingerprint density at radius 1 is 1.47 bits per heavy atom. The normalized spacial score (nSPS) is 14.4. The first-order chi connectivity index (χ1) is 7.90. The van der Waals surface area contributed by atoms with Crippen molar-refractivity contribution in [3.05, 3.63) is 29.8 Å². The molecule has 0 radical (unpaired) electrons. The maximum absolute atomic E-state index is 11.3. The summed E-state index contributed by atoms with van der Waals surface area (Å²) < 4.78 is 5.13. The molecule has 94 valence electrons. The average molecular weight is 237 g/mol. The zero-order chi connectivity index (χ0) is 13.1. The lowest BCUT2D eigenvalue weighted by atomic mass is 9.91. The summed E-state index contributed by atoms with van der Waals surface area (Å²) in [6.07, 6.45) is 0.437. The van der Waals surface area contributed by atoms with Gasteiger partial charge in [0.25, 0.3) is 0 Å². The van der Waals surface area contributed by atoms with Gasteiger partial charge in [0.15, 0.2) is 0 Å². The summed E-state index contributed by atoms with van der Waals surface area (Å²) >= 11 is 0. The lowest BCUT2D eigenvalue weighted by Crippen LogP contribution is -2.50. The number of likely N-dealkylation sites (N-methyl/N-ethyl adjacent to an activating group) is 1. The van der Waals surface area contributed by atoms with Crippen LogP contribution < -0.4 is 4.74 Å². The summed E-state index contributed by atoms with van der Waals surface area (Å²) in [5.74, 6) is -0.0840. The monoisotopic (exact) mass is 237 g/mol. The Labute approximate surface area is 102 Å². The molecule has 1 N–H and O–H groups in total. The van der Waals surface area contributed by atoms with E-state index in [-0.39, 0.29) is 0 Å². The highest BCUT2D eigenvalue weighted by molar-refractivity contribution is 5.78. The van der Waals surface area contributed by atoms with E-state index in [1.54, 1.807) is 33.0 Å². The second-order valence-corrected chi connectivity index (χ2v) is 4.50. The van der Waals surface area contributed by atoms with E-state index in [0.717, 1.165) is 11.3 Å². The molecule has 1 aromatic rings. The number of aliphatic carboxylic acids is 1. The van der Waals surface area contributed by atoms with Gasteiger partial charge in [-0.05, 0) is 38.7 Å². The van der Waals surface area contributed by atoms with Crippen LogP contribution in [0.15, 0.2) is 24.3 Å². The van der Waals surface area contributed by atoms with Gasteiger partial charge in [-0.1, -0.05) is 12.1 Å². The third kappa shape index (κ3) is 2.97. The predicted octanol–water partition coefficient (Wildman–Crippen LogP) is 1.64. The number of carboxylic acid groups (broad SMARTS) is 1. The van der Waals surface area contributed by atoms with Gasteiger partial charge in [0.2, 0.25) is 0 Å². The summed E-state index contributed by atoms with van der Waals surface area (Å²) in [7, 11) is 5.14. The van der Waals surface area contributed by atoms with Crippen molar-refractivity contribution in [1.82, 2.24) is 4.90 Å². The van der Waals surface area contributed by atoms with Crippen molar-refractivity contribution in [2.75, 3.05) is 21.2 Å². The fraction of sp³-hybridized carbons (Fsp3) is 0.462. The molecule has 4 nitrogen and oxygen atoms in total. The number of hydrogen-bond acceptors (Lipinski definition) is 3. The first-order valence-corrected chi connectivity index (χ1v) is 5.44. The molecular formula is C13H19NO3. The van der Waals surface area contributed by atoms with E-state index in [1.165, 1.54) is 0 Å². The first kappa shape index (κ1) is 13.5.